The van der Waals surface area contributed by atoms with Gasteiger partial charge in [0.15, 0.2) is 0 Å². The van der Waals surface area contributed by atoms with Crippen molar-refractivity contribution >= 4 is 29.4 Å². The Morgan fingerprint density at radius 2 is 1.74 bits per heavy atom. The maximum atomic E-state index is 12.3. The van der Waals surface area contributed by atoms with Gasteiger partial charge < -0.3 is 9.73 Å². The summed E-state index contributed by atoms with van der Waals surface area (Å²) in [6.45, 7) is 8.77. The van der Waals surface area contributed by atoms with E-state index < -0.39 is 0 Å². The highest BCUT2D eigenvalue weighted by molar-refractivity contribution is 7.99. The third-order valence-corrected chi connectivity index (χ3v) is 7.85. The quantitative estimate of drug-likeness (QED) is 0.380. The average molecular weight is 511 g/mol. The maximum Gasteiger partial charge on any atom is 0.230 e. The van der Waals surface area contributed by atoms with Crippen molar-refractivity contribution < 1.29 is 9.21 Å². The molecule has 1 amide bonds. The lowest BCUT2D eigenvalue weighted by Crippen LogP contribution is -2.48. The molecule has 2 heterocycles. The molecule has 1 N–H and O–H groups in total. The van der Waals surface area contributed by atoms with Crippen LogP contribution in [0.25, 0.3) is 11.5 Å². The van der Waals surface area contributed by atoms with E-state index in [0.717, 1.165) is 56.3 Å². The predicted octanol–water partition coefficient (Wildman–Crippen LogP) is 4.54. The van der Waals surface area contributed by atoms with Gasteiger partial charge in [-0.25, -0.2) is 4.98 Å². The molecule has 0 spiro atoms. The zero-order valence-electron chi connectivity index (χ0n) is 20.5. The van der Waals surface area contributed by atoms with E-state index in [1.54, 1.807) is 23.5 Å². The summed E-state index contributed by atoms with van der Waals surface area (Å²) in [4.78, 5) is 23.1. The SMILES string of the molecule is CSc1ccc(-c2nc(CSCC(=O)NCCN3CCN(Cc4ccccc4)CC3)c(C)o2)cc1. The topological polar surface area (TPSA) is 61.6 Å². The van der Waals surface area contributed by atoms with Crippen molar-refractivity contribution in [2.45, 2.75) is 24.1 Å². The van der Waals surface area contributed by atoms with Crippen molar-refractivity contribution in [3.05, 3.63) is 71.6 Å². The number of piperazine rings is 1. The number of thioether (sulfide) groups is 2. The summed E-state index contributed by atoms with van der Waals surface area (Å²) in [5.41, 5.74) is 3.24. The predicted molar refractivity (Wildman–Crippen MR) is 146 cm³/mol. The van der Waals surface area contributed by atoms with Crippen LogP contribution in [0.2, 0.25) is 0 Å². The molecule has 0 bridgehead atoms. The van der Waals surface area contributed by atoms with Gasteiger partial charge in [0, 0.05) is 62.0 Å². The molecule has 0 radical (unpaired) electrons. The van der Waals surface area contributed by atoms with E-state index in [4.69, 9.17) is 4.42 Å². The minimum Gasteiger partial charge on any atom is -0.441 e. The Balaban J connectivity index is 1.11. The van der Waals surface area contributed by atoms with Crippen LogP contribution in [0.1, 0.15) is 17.0 Å². The fourth-order valence-electron chi connectivity index (χ4n) is 4.08. The van der Waals surface area contributed by atoms with Crippen LogP contribution in [0.4, 0.5) is 0 Å². The van der Waals surface area contributed by atoms with Crippen molar-refractivity contribution in [3.63, 3.8) is 0 Å². The number of aromatic nitrogens is 1. The highest BCUT2D eigenvalue weighted by atomic mass is 32.2. The first-order valence-electron chi connectivity index (χ1n) is 12.0. The van der Waals surface area contributed by atoms with Gasteiger partial charge in [-0.1, -0.05) is 30.3 Å². The number of aryl methyl sites for hydroxylation is 1. The van der Waals surface area contributed by atoms with E-state index in [1.807, 2.05) is 19.1 Å². The molecule has 1 aliphatic heterocycles. The molecule has 1 aromatic heterocycles. The average Bonchev–Trinajstić information content (AvgIpc) is 3.26. The molecule has 4 rings (SSSR count). The molecular formula is C27H34N4O2S2. The van der Waals surface area contributed by atoms with E-state index in [2.05, 4.69) is 68.8 Å². The second kappa shape index (κ2) is 13.2. The Morgan fingerprint density at radius 3 is 2.46 bits per heavy atom. The van der Waals surface area contributed by atoms with Crippen molar-refractivity contribution in [3.8, 4) is 11.5 Å². The van der Waals surface area contributed by atoms with E-state index in [9.17, 15) is 4.79 Å². The minimum absolute atomic E-state index is 0.0757. The number of hydrogen-bond acceptors (Lipinski definition) is 7. The van der Waals surface area contributed by atoms with Crippen LogP contribution >= 0.6 is 23.5 Å². The lowest BCUT2D eigenvalue weighted by molar-refractivity contribution is -0.118. The summed E-state index contributed by atoms with van der Waals surface area (Å²) >= 11 is 3.28. The number of rotatable bonds is 11. The van der Waals surface area contributed by atoms with Crippen LogP contribution in [0.3, 0.4) is 0 Å². The molecule has 1 aliphatic rings. The number of benzene rings is 2. The number of nitrogens with one attached hydrogen (secondary N) is 1. The minimum atomic E-state index is 0.0757. The highest BCUT2D eigenvalue weighted by Gasteiger charge is 2.17. The van der Waals surface area contributed by atoms with Crippen molar-refractivity contribution in [1.29, 1.82) is 0 Å². The molecule has 0 saturated carbocycles. The molecule has 6 nitrogen and oxygen atoms in total. The standard InChI is InChI=1S/C27H34N4O2S2/c1-21-25(29-27(33-21)23-8-10-24(34-2)11-9-23)19-35-20-26(32)28-12-13-30-14-16-31(17-15-30)18-22-6-4-3-5-7-22/h3-11H,12-20H2,1-2H3,(H,28,32). The third kappa shape index (κ3) is 7.87. The van der Waals surface area contributed by atoms with Gasteiger partial charge in [-0.15, -0.1) is 23.5 Å². The number of oxazole rings is 1. The van der Waals surface area contributed by atoms with E-state index in [-0.39, 0.29) is 5.91 Å². The Kier molecular flexibility index (Phi) is 9.71. The highest BCUT2D eigenvalue weighted by Crippen LogP contribution is 2.26. The van der Waals surface area contributed by atoms with Gasteiger partial charge in [-0.05, 0) is 43.0 Å². The Hall–Kier alpha value is -2.26. The van der Waals surface area contributed by atoms with Crippen LogP contribution in [0, 0.1) is 6.92 Å². The van der Waals surface area contributed by atoms with Crippen LogP contribution in [-0.4, -0.2) is 72.0 Å². The first-order chi connectivity index (χ1) is 17.1. The van der Waals surface area contributed by atoms with Gasteiger partial charge in [0.2, 0.25) is 11.8 Å². The van der Waals surface area contributed by atoms with Gasteiger partial charge >= 0.3 is 0 Å². The molecule has 186 valence electrons. The maximum absolute atomic E-state index is 12.3. The Labute approximate surface area is 216 Å². The van der Waals surface area contributed by atoms with Gasteiger partial charge in [0.25, 0.3) is 0 Å². The summed E-state index contributed by atoms with van der Waals surface area (Å²) < 4.78 is 5.86. The van der Waals surface area contributed by atoms with Crippen LogP contribution in [0.15, 0.2) is 63.9 Å². The molecule has 3 aromatic rings. The first kappa shape index (κ1) is 25.8. The van der Waals surface area contributed by atoms with E-state index in [0.29, 0.717) is 23.9 Å². The summed E-state index contributed by atoms with van der Waals surface area (Å²) in [5, 5.41) is 3.06. The molecule has 0 aliphatic carbocycles. The molecule has 0 atom stereocenters. The molecule has 35 heavy (non-hydrogen) atoms. The fourth-order valence-corrected chi connectivity index (χ4v) is 5.34. The normalized spacial score (nSPS) is 14.8. The Bertz CT molecular complexity index is 1060. The number of nitrogens with zero attached hydrogens (tertiary/aromatic N) is 3. The third-order valence-electron chi connectivity index (χ3n) is 6.17. The smallest absolute Gasteiger partial charge is 0.230 e. The second-order valence-corrected chi connectivity index (χ2v) is 10.6. The second-order valence-electron chi connectivity index (χ2n) is 8.70. The molecule has 0 unspecified atom stereocenters. The van der Waals surface area contributed by atoms with E-state index in [1.165, 1.54) is 10.5 Å². The van der Waals surface area contributed by atoms with Crippen LogP contribution < -0.4 is 5.32 Å². The monoisotopic (exact) mass is 510 g/mol. The van der Waals surface area contributed by atoms with Crippen LogP contribution in [0.5, 0.6) is 0 Å². The summed E-state index contributed by atoms with van der Waals surface area (Å²) in [5.74, 6) is 2.61. The van der Waals surface area contributed by atoms with Gasteiger partial charge in [-0.3, -0.25) is 14.6 Å². The molecule has 1 fully saturated rings. The fraction of sp³-hybridized carbons (Fsp3) is 0.407. The lowest BCUT2D eigenvalue weighted by atomic mass is 10.2. The van der Waals surface area contributed by atoms with Gasteiger partial charge in [-0.2, -0.15) is 0 Å². The number of amides is 1. The first-order valence-corrected chi connectivity index (χ1v) is 14.4. The zero-order valence-corrected chi connectivity index (χ0v) is 22.2. The van der Waals surface area contributed by atoms with Gasteiger partial charge in [0.1, 0.15) is 5.76 Å². The number of carbonyl (C=O) groups excluding carboxylic acids is 1. The lowest BCUT2D eigenvalue weighted by Gasteiger charge is -2.34. The molecular weight excluding hydrogens is 476 g/mol. The summed E-state index contributed by atoms with van der Waals surface area (Å²) in [6.07, 6.45) is 2.06. The molecule has 2 aromatic carbocycles. The Morgan fingerprint density at radius 1 is 1.03 bits per heavy atom. The zero-order chi connectivity index (χ0) is 24.5. The number of carbonyl (C=O) groups is 1. The van der Waals surface area contributed by atoms with Crippen molar-refractivity contribution in [1.82, 2.24) is 20.1 Å². The van der Waals surface area contributed by atoms with Crippen molar-refractivity contribution in [2.75, 3.05) is 51.3 Å². The number of hydrogen-bond donors (Lipinski definition) is 1. The molecule has 1 saturated heterocycles. The summed E-state index contributed by atoms with van der Waals surface area (Å²) in [6, 6.07) is 18.8. The van der Waals surface area contributed by atoms with Crippen LogP contribution in [-0.2, 0) is 17.1 Å². The van der Waals surface area contributed by atoms with E-state index >= 15 is 0 Å². The molecule has 8 heteroatoms. The summed E-state index contributed by atoms with van der Waals surface area (Å²) in [7, 11) is 0. The van der Waals surface area contributed by atoms with Crippen molar-refractivity contribution in [2.24, 2.45) is 0 Å². The van der Waals surface area contributed by atoms with Gasteiger partial charge in [0.05, 0.1) is 11.4 Å². The largest absolute Gasteiger partial charge is 0.441 e.